The molecule has 0 radical (unpaired) electrons. The van der Waals surface area contributed by atoms with Gasteiger partial charge in [-0.2, -0.15) is 9.40 Å². The van der Waals surface area contributed by atoms with Crippen LogP contribution in [0, 0.1) is 13.8 Å². The van der Waals surface area contributed by atoms with Crippen molar-refractivity contribution in [2.24, 2.45) is 0 Å². The van der Waals surface area contributed by atoms with E-state index in [1.807, 2.05) is 19.9 Å². The van der Waals surface area contributed by atoms with E-state index >= 15 is 0 Å². The lowest BCUT2D eigenvalue weighted by molar-refractivity contribution is 0.174. The second kappa shape index (κ2) is 7.09. The Bertz CT molecular complexity index is 936. The normalized spacial score (nSPS) is 13.6. The first kappa shape index (κ1) is 19.0. The standard InChI is InChI=1S/C17H22ClN3O4S/c1-5-20(6-2)26(22,23)17-11(3)19-21(12(17)4)9-13-7-14(18)16-15(8-13)24-10-25-16/h7-8H,5-6,9-10H2,1-4H3. The molecular formula is C17H22ClN3O4S. The molecule has 142 valence electrons. The first-order valence-corrected chi connectivity index (χ1v) is 10.2. The van der Waals surface area contributed by atoms with Gasteiger partial charge in [0, 0.05) is 13.1 Å². The molecule has 0 aliphatic carbocycles. The molecule has 0 bridgehead atoms. The highest BCUT2D eigenvalue weighted by Gasteiger charge is 2.29. The molecule has 7 nitrogen and oxygen atoms in total. The number of sulfonamides is 1. The highest BCUT2D eigenvalue weighted by Crippen LogP contribution is 2.40. The molecule has 9 heteroatoms. The summed E-state index contributed by atoms with van der Waals surface area (Å²) < 4.78 is 39.7. The van der Waals surface area contributed by atoms with Gasteiger partial charge in [-0.1, -0.05) is 25.4 Å². The Balaban J connectivity index is 1.98. The average molecular weight is 400 g/mol. The minimum absolute atomic E-state index is 0.144. The lowest BCUT2D eigenvalue weighted by Crippen LogP contribution is -2.31. The molecule has 3 rings (SSSR count). The maximum absolute atomic E-state index is 12.9. The van der Waals surface area contributed by atoms with Crippen LogP contribution in [0.1, 0.15) is 30.8 Å². The highest BCUT2D eigenvalue weighted by atomic mass is 35.5. The average Bonchev–Trinajstić information content (AvgIpc) is 3.13. The van der Waals surface area contributed by atoms with Crippen LogP contribution in [-0.2, 0) is 16.6 Å². The van der Waals surface area contributed by atoms with Crippen molar-refractivity contribution >= 4 is 21.6 Å². The summed E-state index contributed by atoms with van der Waals surface area (Å²) in [7, 11) is -3.57. The Labute approximate surface area is 158 Å². The van der Waals surface area contributed by atoms with Crippen LogP contribution in [0.3, 0.4) is 0 Å². The molecule has 2 heterocycles. The molecule has 1 aliphatic heterocycles. The van der Waals surface area contributed by atoms with Gasteiger partial charge in [-0.15, -0.1) is 0 Å². The Morgan fingerprint density at radius 3 is 2.58 bits per heavy atom. The minimum atomic E-state index is -3.57. The molecule has 0 amide bonds. The van der Waals surface area contributed by atoms with Crippen LogP contribution < -0.4 is 9.47 Å². The van der Waals surface area contributed by atoms with Gasteiger partial charge in [0.25, 0.3) is 0 Å². The third-order valence-electron chi connectivity index (χ3n) is 4.44. The summed E-state index contributed by atoms with van der Waals surface area (Å²) in [5.41, 5.74) is 1.95. The minimum Gasteiger partial charge on any atom is -0.454 e. The van der Waals surface area contributed by atoms with E-state index in [2.05, 4.69) is 5.10 Å². The smallest absolute Gasteiger partial charge is 0.246 e. The zero-order chi connectivity index (χ0) is 19.1. The van der Waals surface area contributed by atoms with E-state index in [0.717, 1.165) is 5.56 Å². The topological polar surface area (TPSA) is 73.7 Å². The second-order valence-corrected chi connectivity index (χ2v) is 8.34. The Morgan fingerprint density at radius 1 is 1.23 bits per heavy atom. The van der Waals surface area contributed by atoms with Crippen LogP contribution in [0.25, 0.3) is 0 Å². The van der Waals surface area contributed by atoms with Gasteiger partial charge in [0.15, 0.2) is 11.5 Å². The van der Waals surface area contributed by atoms with Crippen molar-refractivity contribution in [3.8, 4) is 11.5 Å². The summed E-state index contributed by atoms with van der Waals surface area (Å²) in [5, 5.41) is 4.91. The van der Waals surface area contributed by atoms with Crippen molar-refractivity contribution in [2.75, 3.05) is 19.9 Å². The number of rotatable bonds is 6. The van der Waals surface area contributed by atoms with Gasteiger partial charge in [0.2, 0.25) is 16.8 Å². The zero-order valence-corrected chi connectivity index (χ0v) is 16.8. The maximum atomic E-state index is 12.9. The molecule has 0 fully saturated rings. The molecule has 2 aromatic rings. The van der Waals surface area contributed by atoms with Crippen molar-refractivity contribution in [2.45, 2.75) is 39.1 Å². The molecule has 0 N–H and O–H groups in total. The van der Waals surface area contributed by atoms with E-state index in [1.54, 1.807) is 24.6 Å². The lowest BCUT2D eigenvalue weighted by atomic mass is 10.2. The zero-order valence-electron chi connectivity index (χ0n) is 15.2. The SMILES string of the molecule is CCN(CC)S(=O)(=O)c1c(C)nn(Cc2cc(Cl)c3c(c2)OCO3)c1C. The number of aryl methyl sites for hydroxylation is 1. The second-order valence-electron chi connectivity index (χ2n) is 6.06. The number of aromatic nitrogens is 2. The Hall–Kier alpha value is -1.77. The van der Waals surface area contributed by atoms with Crippen LogP contribution in [-0.4, -0.2) is 42.4 Å². The van der Waals surface area contributed by atoms with E-state index < -0.39 is 10.0 Å². The Morgan fingerprint density at radius 2 is 1.92 bits per heavy atom. The number of ether oxygens (including phenoxy) is 2. The fraction of sp³-hybridized carbons (Fsp3) is 0.471. The molecule has 0 saturated carbocycles. The lowest BCUT2D eigenvalue weighted by Gasteiger charge is -2.18. The maximum Gasteiger partial charge on any atom is 0.246 e. The third-order valence-corrected chi connectivity index (χ3v) is 7.02. The first-order valence-electron chi connectivity index (χ1n) is 8.41. The van der Waals surface area contributed by atoms with Gasteiger partial charge in [0.05, 0.1) is 23.0 Å². The van der Waals surface area contributed by atoms with Gasteiger partial charge in [-0.05, 0) is 31.5 Å². The fourth-order valence-corrected chi connectivity index (χ4v) is 5.30. The molecule has 0 saturated heterocycles. The van der Waals surface area contributed by atoms with Crippen LogP contribution in [0.2, 0.25) is 5.02 Å². The summed E-state index contributed by atoms with van der Waals surface area (Å²) >= 11 is 6.23. The summed E-state index contributed by atoms with van der Waals surface area (Å²) in [6.07, 6.45) is 0. The van der Waals surface area contributed by atoms with Gasteiger partial charge >= 0.3 is 0 Å². The van der Waals surface area contributed by atoms with Gasteiger partial charge in [-0.3, -0.25) is 4.68 Å². The van der Waals surface area contributed by atoms with Crippen molar-refractivity contribution in [1.82, 2.24) is 14.1 Å². The monoisotopic (exact) mass is 399 g/mol. The van der Waals surface area contributed by atoms with Crippen LogP contribution >= 0.6 is 11.6 Å². The van der Waals surface area contributed by atoms with E-state index in [0.29, 0.717) is 47.5 Å². The largest absolute Gasteiger partial charge is 0.454 e. The molecule has 26 heavy (non-hydrogen) atoms. The van der Waals surface area contributed by atoms with Crippen molar-refractivity contribution < 1.29 is 17.9 Å². The summed E-state index contributed by atoms with van der Waals surface area (Å²) in [6.45, 7) is 8.50. The number of hydrogen-bond donors (Lipinski definition) is 0. The predicted molar refractivity (Wildman–Crippen MR) is 98.5 cm³/mol. The van der Waals surface area contributed by atoms with E-state index in [9.17, 15) is 8.42 Å². The van der Waals surface area contributed by atoms with Gasteiger partial charge in [-0.25, -0.2) is 8.42 Å². The molecule has 1 aliphatic rings. The first-order chi connectivity index (χ1) is 12.3. The number of hydrogen-bond acceptors (Lipinski definition) is 5. The number of fused-ring (bicyclic) bond motifs is 1. The highest BCUT2D eigenvalue weighted by molar-refractivity contribution is 7.89. The van der Waals surface area contributed by atoms with Crippen LogP contribution in [0.5, 0.6) is 11.5 Å². The number of nitrogens with zero attached hydrogens (tertiary/aromatic N) is 3. The molecule has 0 unspecified atom stereocenters. The molecule has 1 aromatic carbocycles. The van der Waals surface area contributed by atoms with Crippen LogP contribution in [0.15, 0.2) is 17.0 Å². The molecular weight excluding hydrogens is 378 g/mol. The van der Waals surface area contributed by atoms with E-state index in [-0.39, 0.29) is 11.7 Å². The summed E-state index contributed by atoms with van der Waals surface area (Å²) in [5.74, 6) is 1.12. The van der Waals surface area contributed by atoms with Gasteiger partial charge < -0.3 is 9.47 Å². The van der Waals surface area contributed by atoms with Crippen molar-refractivity contribution in [3.63, 3.8) is 0 Å². The van der Waals surface area contributed by atoms with Crippen LogP contribution in [0.4, 0.5) is 0 Å². The van der Waals surface area contributed by atoms with E-state index in [1.165, 1.54) is 4.31 Å². The molecule has 0 atom stereocenters. The number of halogens is 1. The van der Waals surface area contributed by atoms with E-state index in [4.69, 9.17) is 21.1 Å². The molecule has 1 aromatic heterocycles. The van der Waals surface area contributed by atoms with Crippen molar-refractivity contribution in [1.29, 1.82) is 0 Å². The van der Waals surface area contributed by atoms with Crippen molar-refractivity contribution in [3.05, 3.63) is 34.1 Å². The Kier molecular flexibility index (Phi) is 5.18. The quantitative estimate of drug-likeness (QED) is 0.746. The summed E-state index contributed by atoms with van der Waals surface area (Å²) in [6, 6.07) is 3.62. The predicted octanol–water partition coefficient (Wildman–Crippen LogP) is 2.96. The number of benzene rings is 1. The fourth-order valence-electron chi connectivity index (χ4n) is 3.19. The molecule has 0 spiro atoms. The van der Waals surface area contributed by atoms with Gasteiger partial charge in [0.1, 0.15) is 4.90 Å². The summed E-state index contributed by atoms with van der Waals surface area (Å²) in [4.78, 5) is 0.271. The third kappa shape index (κ3) is 3.17.